The molecule has 0 atom stereocenters. The lowest BCUT2D eigenvalue weighted by Crippen LogP contribution is -2.37. The van der Waals surface area contributed by atoms with E-state index in [-0.39, 0.29) is 5.82 Å². The first kappa shape index (κ1) is 18.0. The minimum Gasteiger partial charge on any atom is -0.364 e. The molecular formula is C21H25FN4. The van der Waals surface area contributed by atoms with Crippen molar-refractivity contribution in [1.29, 1.82) is 0 Å². The Morgan fingerprint density at radius 1 is 1.04 bits per heavy atom. The van der Waals surface area contributed by atoms with Gasteiger partial charge in [0, 0.05) is 37.4 Å². The van der Waals surface area contributed by atoms with E-state index in [9.17, 15) is 4.39 Å². The monoisotopic (exact) mass is 352 g/mol. The second-order valence-electron chi connectivity index (χ2n) is 6.18. The van der Waals surface area contributed by atoms with Crippen molar-refractivity contribution in [1.82, 2.24) is 10.6 Å². The van der Waals surface area contributed by atoms with E-state index in [4.69, 9.17) is 0 Å². The third kappa shape index (κ3) is 4.85. The minimum absolute atomic E-state index is 0.206. The molecule has 0 aromatic heterocycles. The molecule has 3 rings (SSSR count). The lowest BCUT2D eigenvalue weighted by molar-refractivity contribution is 0.604. The average Bonchev–Trinajstić information content (AvgIpc) is 3.20. The van der Waals surface area contributed by atoms with Gasteiger partial charge in [0.25, 0.3) is 0 Å². The van der Waals surface area contributed by atoms with Crippen LogP contribution in [-0.2, 0) is 13.1 Å². The van der Waals surface area contributed by atoms with Crippen LogP contribution in [0.4, 0.5) is 10.1 Å². The number of nitrogens with one attached hydrogen (secondary N) is 2. The number of rotatable bonds is 6. The fourth-order valence-corrected chi connectivity index (χ4v) is 2.83. The molecule has 0 saturated heterocycles. The maximum atomic E-state index is 13.7. The first-order chi connectivity index (χ1) is 12.8. The van der Waals surface area contributed by atoms with Crippen molar-refractivity contribution in [2.75, 3.05) is 24.5 Å². The third-order valence-corrected chi connectivity index (χ3v) is 4.29. The predicted octanol–water partition coefficient (Wildman–Crippen LogP) is 3.46. The Hall–Kier alpha value is -2.82. The van der Waals surface area contributed by atoms with Gasteiger partial charge in [-0.05, 0) is 30.7 Å². The SMILES string of the molecule is CCNC(=NCc1ccc(N2CC=CC2)cc1)NCc1ccccc1F. The Morgan fingerprint density at radius 3 is 2.46 bits per heavy atom. The quantitative estimate of drug-likeness (QED) is 0.475. The van der Waals surface area contributed by atoms with Crippen LogP contribution >= 0.6 is 0 Å². The summed E-state index contributed by atoms with van der Waals surface area (Å²) in [5.41, 5.74) is 3.00. The van der Waals surface area contributed by atoms with Crippen LogP contribution in [0.25, 0.3) is 0 Å². The summed E-state index contributed by atoms with van der Waals surface area (Å²) in [6.45, 7) is 5.69. The van der Waals surface area contributed by atoms with Crippen LogP contribution in [0, 0.1) is 5.82 Å². The molecule has 1 aliphatic heterocycles. The number of benzene rings is 2. The summed E-state index contributed by atoms with van der Waals surface area (Å²) >= 11 is 0. The number of hydrogen-bond acceptors (Lipinski definition) is 2. The predicted molar refractivity (Wildman–Crippen MR) is 106 cm³/mol. The molecule has 1 heterocycles. The molecule has 1 aliphatic rings. The summed E-state index contributed by atoms with van der Waals surface area (Å²) in [7, 11) is 0. The van der Waals surface area contributed by atoms with Crippen LogP contribution in [0.5, 0.6) is 0 Å². The number of nitrogens with zero attached hydrogens (tertiary/aromatic N) is 2. The minimum atomic E-state index is -0.206. The summed E-state index contributed by atoms with van der Waals surface area (Å²) in [4.78, 5) is 6.91. The number of halogens is 1. The highest BCUT2D eigenvalue weighted by atomic mass is 19.1. The van der Waals surface area contributed by atoms with Gasteiger partial charge in [-0.25, -0.2) is 9.38 Å². The Bertz CT molecular complexity index is 760. The molecule has 0 unspecified atom stereocenters. The second-order valence-corrected chi connectivity index (χ2v) is 6.18. The first-order valence-corrected chi connectivity index (χ1v) is 9.00. The van der Waals surface area contributed by atoms with E-state index >= 15 is 0 Å². The lowest BCUT2D eigenvalue weighted by Gasteiger charge is -2.17. The van der Waals surface area contributed by atoms with E-state index < -0.39 is 0 Å². The molecule has 2 N–H and O–H groups in total. The van der Waals surface area contributed by atoms with E-state index in [0.717, 1.165) is 25.2 Å². The zero-order valence-electron chi connectivity index (χ0n) is 15.1. The van der Waals surface area contributed by atoms with E-state index in [0.29, 0.717) is 24.6 Å². The maximum absolute atomic E-state index is 13.7. The summed E-state index contributed by atoms with van der Waals surface area (Å²) in [6, 6.07) is 15.3. The fourth-order valence-electron chi connectivity index (χ4n) is 2.83. The Kier molecular flexibility index (Phi) is 6.25. The van der Waals surface area contributed by atoms with Crippen LogP contribution in [-0.4, -0.2) is 25.6 Å². The summed E-state index contributed by atoms with van der Waals surface area (Å²) < 4.78 is 13.7. The molecule has 0 aliphatic carbocycles. The Morgan fingerprint density at radius 2 is 1.77 bits per heavy atom. The number of guanidine groups is 1. The van der Waals surface area contributed by atoms with Crippen LogP contribution in [0.3, 0.4) is 0 Å². The molecule has 0 fully saturated rings. The molecule has 5 heteroatoms. The molecule has 4 nitrogen and oxygen atoms in total. The van der Waals surface area contributed by atoms with Crippen molar-refractivity contribution >= 4 is 11.6 Å². The van der Waals surface area contributed by atoms with Crippen molar-refractivity contribution < 1.29 is 4.39 Å². The molecule has 0 spiro atoms. The molecule has 0 radical (unpaired) electrons. The highest BCUT2D eigenvalue weighted by Gasteiger charge is 2.07. The van der Waals surface area contributed by atoms with Gasteiger partial charge in [0.15, 0.2) is 5.96 Å². The van der Waals surface area contributed by atoms with Crippen LogP contribution in [0.1, 0.15) is 18.1 Å². The van der Waals surface area contributed by atoms with Crippen LogP contribution < -0.4 is 15.5 Å². The van der Waals surface area contributed by atoms with E-state index in [1.807, 2.05) is 13.0 Å². The van der Waals surface area contributed by atoms with Crippen molar-refractivity contribution in [3.63, 3.8) is 0 Å². The normalized spacial score (nSPS) is 13.9. The molecule has 26 heavy (non-hydrogen) atoms. The molecular weight excluding hydrogens is 327 g/mol. The fraction of sp³-hybridized carbons (Fsp3) is 0.286. The molecule has 0 bridgehead atoms. The number of aliphatic imine (C=N–C) groups is 1. The van der Waals surface area contributed by atoms with Crippen molar-refractivity contribution in [2.45, 2.75) is 20.0 Å². The van der Waals surface area contributed by atoms with Gasteiger partial charge in [0.2, 0.25) is 0 Å². The zero-order chi connectivity index (χ0) is 18.2. The smallest absolute Gasteiger partial charge is 0.191 e. The second kappa shape index (κ2) is 9.04. The highest BCUT2D eigenvalue weighted by Crippen LogP contribution is 2.17. The molecule has 0 saturated carbocycles. The van der Waals surface area contributed by atoms with Crippen molar-refractivity contribution in [2.24, 2.45) is 4.99 Å². The molecule has 2 aromatic carbocycles. The molecule has 2 aromatic rings. The zero-order valence-corrected chi connectivity index (χ0v) is 15.1. The number of anilines is 1. The summed E-state index contributed by atoms with van der Waals surface area (Å²) in [5, 5.41) is 6.39. The lowest BCUT2D eigenvalue weighted by atomic mass is 10.2. The van der Waals surface area contributed by atoms with Gasteiger partial charge < -0.3 is 15.5 Å². The van der Waals surface area contributed by atoms with Gasteiger partial charge >= 0.3 is 0 Å². The Labute approximate surface area is 154 Å². The van der Waals surface area contributed by atoms with Gasteiger partial charge in [0.1, 0.15) is 5.82 Å². The van der Waals surface area contributed by atoms with Crippen molar-refractivity contribution in [3.8, 4) is 0 Å². The van der Waals surface area contributed by atoms with Crippen LogP contribution in [0.2, 0.25) is 0 Å². The van der Waals surface area contributed by atoms with E-state index in [1.54, 1.807) is 12.1 Å². The standard InChI is InChI=1S/C21H25FN4/c1-2-23-21(25-16-18-7-3-4-8-20(18)22)24-15-17-9-11-19(12-10-17)26-13-5-6-14-26/h3-12H,2,13-16H2,1H3,(H2,23,24,25). The van der Waals surface area contributed by atoms with Crippen LogP contribution in [0.15, 0.2) is 65.7 Å². The largest absolute Gasteiger partial charge is 0.364 e. The van der Waals surface area contributed by atoms with Gasteiger partial charge in [-0.15, -0.1) is 0 Å². The molecule has 136 valence electrons. The van der Waals surface area contributed by atoms with Gasteiger partial charge in [-0.1, -0.05) is 42.5 Å². The summed E-state index contributed by atoms with van der Waals surface area (Å²) in [6.07, 6.45) is 4.37. The Balaban J connectivity index is 1.58. The first-order valence-electron chi connectivity index (χ1n) is 9.00. The van der Waals surface area contributed by atoms with Gasteiger partial charge in [-0.3, -0.25) is 0 Å². The van der Waals surface area contributed by atoms with Gasteiger partial charge in [0.05, 0.1) is 6.54 Å². The van der Waals surface area contributed by atoms with E-state index in [2.05, 4.69) is 56.9 Å². The van der Waals surface area contributed by atoms with Gasteiger partial charge in [-0.2, -0.15) is 0 Å². The summed E-state index contributed by atoms with van der Waals surface area (Å²) in [5.74, 6) is 0.478. The van der Waals surface area contributed by atoms with Crippen molar-refractivity contribution in [3.05, 3.63) is 77.6 Å². The third-order valence-electron chi connectivity index (χ3n) is 4.29. The highest BCUT2D eigenvalue weighted by molar-refractivity contribution is 5.79. The maximum Gasteiger partial charge on any atom is 0.191 e. The van der Waals surface area contributed by atoms with E-state index in [1.165, 1.54) is 11.8 Å². The molecule has 0 amide bonds. The number of hydrogen-bond donors (Lipinski definition) is 2. The average molecular weight is 352 g/mol. The topological polar surface area (TPSA) is 39.7 Å².